The van der Waals surface area contributed by atoms with Crippen molar-refractivity contribution in [2.75, 3.05) is 19.0 Å². The van der Waals surface area contributed by atoms with Gasteiger partial charge in [-0.2, -0.15) is 0 Å². The van der Waals surface area contributed by atoms with E-state index < -0.39 is 0 Å². The number of halogens is 2. The van der Waals surface area contributed by atoms with Crippen LogP contribution in [0, 0.1) is 0 Å². The third kappa shape index (κ3) is 3.66. The highest BCUT2D eigenvalue weighted by atomic mass is 79.9. The largest absolute Gasteiger partial charge is 0.496 e. The molecular weight excluding hydrogens is 342 g/mol. The minimum atomic E-state index is -0.277. The van der Waals surface area contributed by atoms with Crippen LogP contribution >= 0.6 is 27.5 Å². The molecule has 0 aliphatic heterocycles. The van der Waals surface area contributed by atoms with Crippen molar-refractivity contribution in [2.24, 2.45) is 0 Å². The number of ether oxygens (including phenoxy) is 1. The Hall–Kier alpha value is -1.23. The Labute approximate surface area is 131 Å². The van der Waals surface area contributed by atoms with Crippen LogP contribution in [0.25, 0.3) is 0 Å². The monoisotopic (exact) mass is 355 g/mol. The number of aliphatic hydroxyl groups excluding tert-OH is 1. The van der Waals surface area contributed by atoms with Crippen LogP contribution in [0.3, 0.4) is 0 Å². The zero-order valence-corrected chi connectivity index (χ0v) is 13.3. The standard InChI is InChI=1S/C15H15BrClNO2/c1-20-15-6-5-10(16)7-13(15)14(9-19)18-12-4-2-3-11(17)8-12/h2-8,14,18-19H,9H2,1H3. The van der Waals surface area contributed by atoms with Crippen molar-refractivity contribution in [3.8, 4) is 5.75 Å². The van der Waals surface area contributed by atoms with Gasteiger partial charge in [0, 0.05) is 20.7 Å². The molecule has 0 aliphatic rings. The number of rotatable bonds is 5. The van der Waals surface area contributed by atoms with Gasteiger partial charge in [0.15, 0.2) is 0 Å². The van der Waals surface area contributed by atoms with Crippen LogP contribution in [0.4, 0.5) is 5.69 Å². The molecule has 1 atom stereocenters. The van der Waals surface area contributed by atoms with Crippen LogP contribution in [-0.2, 0) is 0 Å². The van der Waals surface area contributed by atoms with Gasteiger partial charge in [-0.05, 0) is 36.4 Å². The van der Waals surface area contributed by atoms with Crippen LogP contribution in [0.15, 0.2) is 46.9 Å². The minimum absolute atomic E-state index is 0.0562. The Balaban J connectivity index is 2.30. The lowest BCUT2D eigenvalue weighted by molar-refractivity contribution is 0.273. The molecule has 0 heterocycles. The Morgan fingerprint density at radius 2 is 2.10 bits per heavy atom. The van der Waals surface area contributed by atoms with Gasteiger partial charge >= 0.3 is 0 Å². The van der Waals surface area contributed by atoms with Crippen molar-refractivity contribution in [3.63, 3.8) is 0 Å². The van der Waals surface area contributed by atoms with Gasteiger partial charge < -0.3 is 15.2 Å². The summed E-state index contributed by atoms with van der Waals surface area (Å²) in [4.78, 5) is 0. The first kappa shape index (κ1) is 15.2. The molecule has 0 radical (unpaired) electrons. The number of hydrogen-bond acceptors (Lipinski definition) is 3. The molecular formula is C15H15BrClNO2. The molecule has 2 rings (SSSR count). The molecule has 2 aromatic rings. The maximum Gasteiger partial charge on any atom is 0.124 e. The molecule has 20 heavy (non-hydrogen) atoms. The first-order valence-corrected chi connectivity index (χ1v) is 7.27. The molecule has 2 aromatic carbocycles. The second-order valence-corrected chi connectivity index (χ2v) is 5.63. The van der Waals surface area contributed by atoms with E-state index in [0.717, 1.165) is 21.5 Å². The van der Waals surface area contributed by atoms with Gasteiger partial charge in [0.25, 0.3) is 0 Å². The Morgan fingerprint density at radius 3 is 2.75 bits per heavy atom. The van der Waals surface area contributed by atoms with Crippen molar-refractivity contribution >= 4 is 33.2 Å². The first-order valence-electron chi connectivity index (χ1n) is 6.10. The average molecular weight is 357 g/mol. The normalized spacial score (nSPS) is 12.0. The third-order valence-electron chi connectivity index (χ3n) is 2.92. The number of nitrogens with one attached hydrogen (secondary N) is 1. The van der Waals surface area contributed by atoms with Crippen LogP contribution in [-0.4, -0.2) is 18.8 Å². The zero-order chi connectivity index (χ0) is 14.5. The van der Waals surface area contributed by atoms with Crippen molar-refractivity contribution in [2.45, 2.75) is 6.04 Å². The Bertz CT molecular complexity index is 592. The van der Waals surface area contributed by atoms with E-state index in [9.17, 15) is 5.11 Å². The predicted molar refractivity (Wildman–Crippen MR) is 85.6 cm³/mol. The van der Waals surface area contributed by atoms with Crippen LogP contribution in [0.5, 0.6) is 5.75 Å². The smallest absolute Gasteiger partial charge is 0.124 e. The summed E-state index contributed by atoms with van der Waals surface area (Å²) in [5.74, 6) is 0.724. The molecule has 0 aliphatic carbocycles. The van der Waals surface area contributed by atoms with Gasteiger partial charge in [0.05, 0.1) is 19.8 Å². The summed E-state index contributed by atoms with van der Waals surface area (Å²) in [5.41, 5.74) is 1.72. The van der Waals surface area contributed by atoms with E-state index in [0.29, 0.717) is 5.02 Å². The summed E-state index contributed by atoms with van der Waals surface area (Å²) in [7, 11) is 1.61. The molecule has 0 fully saturated rings. The number of hydrogen-bond donors (Lipinski definition) is 2. The van der Waals surface area contributed by atoms with Crippen molar-refractivity contribution in [1.82, 2.24) is 0 Å². The summed E-state index contributed by atoms with van der Waals surface area (Å²) in [5, 5.41) is 13.6. The summed E-state index contributed by atoms with van der Waals surface area (Å²) in [6.45, 7) is -0.0562. The summed E-state index contributed by atoms with van der Waals surface area (Å²) in [6.07, 6.45) is 0. The number of anilines is 1. The van der Waals surface area contributed by atoms with Gasteiger partial charge in [0.2, 0.25) is 0 Å². The molecule has 3 nitrogen and oxygen atoms in total. The number of methoxy groups -OCH3 is 1. The lowest BCUT2D eigenvalue weighted by Crippen LogP contribution is -2.15. The van der Waals surface area contributed by atoms with E-state index in [4.69, 9.17) is 16.3 Å². The van der Waals surface area contributed by atoms with Crippen molar-refractivity contribution in [1.29, 1.82) is 0 Å². The SMILES string of the molecule is COc1ccc(Br)cc1C(CO)Nc1cccc(Cl)c1. The molecule has 1 unspecified atom stereocenters. The fourth-order valence-corrected chi connectivity index (χ4v) is 2.55. The van der Waals surface area contributed by atoms with E-state index in [1.807, 2.05) is 36.4 Å². The Kier molecular flexibility index (Phi) is 5.29. The molecule has 5 heteroatoms. The van der Waals surface area contributed by atoms with Gasteiger partial charge in [-0.3, -0.25) is 0 Å². The number of aliphatic hydroxyl groups is 1. The van der Waals surface area contributed by atoms with E-state index in [-0.39, 0.29) is 12.6 Å². The topological polar surface area (TPSA) is 41.5 Å². The summed E-state index contributed by atoms with van der Waals surface area (Å²) >= 11 is 9.40. The minimum Gasteiger partial charge on any atom is -0.496 e. The van der Waals surface area contributed by atoms with Crippen molar-refractivity contribution in [3.05, 3.63) is 57.5 Å². The maximum absolute atomic E-state index is 9.65. The highest BCUT2D eigenvalue weighted by Gasteiger charge is 2.16. The van der Waals surface area contributed by atoms with Gasteiger partial charge in [-0.1, -0.05) is 33.6 Å². The van der Waals surface area contributed by atoms with Gasteiger partial charge in [-0.25, -0.2) is 0 Å². The maximum atomic E-state index is 9.65. The lowest BCUT2D eigenvalue weighted by atomic mass is 10.1. The predicted octanol–water partition coefficient (Wildman–Crippen LogP) is 4.26. The lowest BCUT2D eigenvalue weighted by Gasteiger charge is -2.21. The van der Waals surface area contributed by atoms with Crippen LogP contribution < -0.4 is 10.1 Å². The Morgan fingerprint density at radius 1 is 1.30 bits per heavy atom. The first-order chi connectivity index (χ1) is 9.63. The third-order valence-corrected chi connectivity index (χ3v) is 3.64. The fourth-order valence-electron chi connectivity index (χ4n) is 1.98. The molecule has 106 valence electrons. The molecule has 0 saturated carbocycles. The van der Waals surface area contributed by atoms with Crippen molar-refractivity contribution < 1.29 is 9.84 Å². The average Bonchev–Trinajstić information content (AvgIpc) is 2.45. The second kappa shape index (κ2) is 6.97. The van der Waals surface area contributed by atoms with Gasteiger partial charge in [0.1, 0.15) is 5.75 Å². The highest BCUT2D eigenvalue weighted by Crippen LogP contribution is 2.31. The van der Waals surface area contributed by atoms with Gasteiger partial charge in [-0.15, -0.1) is 0 Å². The summed E-state index contributed by atoms with van der Waals surface area (Å²) < 4.78 is 6.28. The van der Waals surface area contributed by atoms with Crippen LogP contribution in [0.2, 0.25) is 5.02 Å². The highest BCUT2D eigenvalue weighted by molar-refractivity contribution is 9.10. The molecule has 0 aromatic heterocycles. The fraction of sp³-hybridized carbons (Fsp3) is 0.200. The molecule has 2 N–H and O–H groups in total. The quantitative estimate of drug-likeness (QED) is 0.841. The molecule has 0 spiro atoms. The molecule has 0 bridgehead atoms. The zero-order valence-electron chi connectivity index (χ0n) is 10.9. The van der Waals surface area contributed by atoms with E-state index in [1.54, 1.807) is 13.2 Å². The second-order valence-electron chi connectivity index (χ2n) is 4.28. The van der Waals surface area contributed by atoms with E-state index in [2.05, 4.69) is 21.2 Å². The van der Waals surface area contributed by atoms with E-state index >= 15 is 0 Å². The molecule has 0 amide bonds. The summed E-state index contributed by atoms with van der Waals surface area (Å²) in [6, 6.07) is 12.8. The number of benzene rings is 2. The molecule has 0 saturated heterocycles. The van der Waals surface area contributed by atoms with Crippen LogP contribution in [0.1, 0.15) is 11.6 Å². The van der Waals surface area contributed by atoms with E-state index in [1.165, 1.54) is 0 Å².